The number of aromatic nitrogens is 3. The number of fused-ring (bicyclic) bond motifs is 1. The molecule has 0 aliphatic carbocycles. The van der Waals surface area contributed by atoms with E-state index in [1.807, 2.05) is 11.6 Å². The summed E-state index contributed by atoms with van der Waals surface area (Å²) in [5, 5.41) is 0.559. The minimum Gasteiger partial charge on any atom is -0.312 e. The van der Waals surface area contributed by atoms with Crippen LogP contribution in [0.1, 0.15) is 0 Å². The van der Waals surface area contributed by atoms with Crippen molar-refractivity contribution in [3.63, 3.8) is 0 Å². The smallest absolute Gasteiger partial charge is 0.161 e. The Morgan fingerprint density at radius 1 is 1.17 bits per heavy atom. The molecule has 3 aromatic rings. The van der Waals surface area contributed by atoms with Crippen LogP contribution in [0.25, 0.3) is 22.6 Å². The highest BCUT2D eigenvalue weighted by Gasteiger charge is 2.12. The van der Waals surface area contributed by atoms with Crippen LogP contribution in [0.2, 0.25) is 5.02 Å². The lowest BCUT2D eigenvalue weighted by atomic mass is 10.2. The molecule has 2 aromatic heterocycles. The van der Waals surface area contributed by atoms with Crippen LogP contribution >= 0.6 is 11.6 Å². The zero-order chi connectivity index (χ0) is 12.7. The molecule has 0 bridgehead atoms. The van der Waals surface area contributed by atoms with Gasteiger partial charge in [0, 0.05) is 18.8 Å². The molecule has 0 saturated carbocycles. The molecule has 3 rings (SSSR count). The van der Waals surface area contributed by atoms with Gasteiger partial charge in [-0.25, -0.2) is 14.4 Å². The van der Waals surface area contributed by atoms with Gasteiger partial charge in [0.15, 0.2) is 5.65 Å². The van der Waals surface area contributed by atoms with Gasteiger partial charge in [0.2, 0.25) is 0 Å². The van der Waals surface area contributed by atoms with Gasteiger partial charge < -0.3 is 4.57 Å². The molecular weight excluding hydrogens is 253 g/mol. The average Bonchev–Trinajstić information content (AvgIpc) is 2.70. The molecular formula is C13H9ClFN3. The molecule has 0 atom stereocenters. The van der Waals surface area contributed by atoms with Crippen LogP contribution in [-0.2, 0) is 7.05 Å². The molecule has 0 aliphatic rings. The first-order valence-electron chi connectivity index (χ1n) is 5.39. The highest BCUT2D eigenvalue weighted by atomic mass is 35.5. The van der Waals surface area contributed by atoms with Gasteiger partial charge in [0.25, 0.3) is 0 Å². The Morgan fingerprint density at radius 2 is 1.89 bits per heavy atom. The summed E-state index contributed by atoms with van der Waals surface area (Å²) in [5.74, 6) is 0.444. The lowest BCUT2D eigenvalue weighted by molar-refractivity contribution is 0.628. The molecule has 0 fully saturated rings. The van der Waals surface area contributed by atoms with Crippen LogP contribution in [-0.4, -0.2) is 14.5 Å². The quantitative estimate of drug-likeness (QED) is 0.672. The van der Waals surface area contributed by atoms with E-state index in [0.717, 1.165) is 5.56 Å². The van der Waals surface area contributed by atoms with Gasteiger partial charge in [-0.05, 0) is 30.3 Å². The first kappa shape index (κ1) is 11.2. The molecule has 0 saturated heterocycles. The molecule has 3 nitrogen and oxygen atoms in total. The number of halogens is 2. The van der Waals surface area contributed by atoms with E-state index >= 15 is 0 Å². The third kappa shape index (κ3) is 1.66. The molecule has 0 aliphatic heterocycles. The van der Waals surface area contributed by atoms with E-state index in [0.29, 0.717) is 22.0 Å². The van der Waals surface area contributed by atoms with Crippen LogP contribution in [0.3, 0.4) is 0 Å². The molecule has 5 heteroatoms. The van der Waals surface area contributed by atoms with Gasteiger partial charge in [-0.15, -0.1) is 0 Å². The number of pyridine rings is 1. The van der Waals surface area contributed by atoms with E-state index < -0.39 is 0 Å². The summed E-state index contributed by atoms with van der Waals surface area (Å²) in [7, 11) is 1.86. The second-order valence-electron chi connectivity index (χ2n) is 3.97. The summed E-state index contributed by atoms with van der Waals surface area (Å²) in [6, 6.07) is 7.88. The standard InChI is InChI=1S/C13H9ClFN3/c1-18-12(8-2-4-9(15)5-3-8)17-11-10(14)6-7-16-13(11)18/h2-7H,1H3. The summed E-state index contributed by atoms with van der Waals surface area (Å²) in [6.07, 6.45) is 1.64. The zero-order valence-electron chi connectivity index (χ0n) is 9.56. The van der Waals surface area contributed by atoms with E-state index in [1.54, 1.807) is 24.4 Å². The Bertz CT molecular complexity index is 719. The Morgan fingerprint density at radius 3 is 2.56 bits per heavy atom. The molecule has 0 unspecified atom stereocenters. The predicted molar refractivity (Wildman–Crippen MR) is 68.9 cm³/mol. The van der Waals surface area contributed by atoms with Crippen molar-refractivity contribution in [1.82, 2.24) is 14.5 Å². The third-order valence-electron chi connectivity index (χ3n) is 2.81. The summed E-state index contributed by atoms with van der Waals surface area (Å²) in [5.41, 5.74) is 2.19. The molecule has 0 spiro atoms. The summed E-state index contributed by atoms with van der Waals surface area (Å²) < 4.78 is 14.8. The van der Waals surface area contributed by atoms with Gasteiger partial charge in [0.1, 0.15) is 17.2 Å². The van der Waals surface area contributed by atoms with Gasteiger partial charge in [-0.3, -0.25) is 0 Å². The number of imidazole rings is 1. The fourth-order valence-corrected chi connectivity index (χ4v) is 2.09. The second kappa shape index (κ2) is 4.07. The number of nitrogens with zero attached hydrogens (tertiary/aromatic N) is 3. The maximum absolute atomic E-state index is 12.9. The van der Waals surface area contributed by atoms with E-state index in [-0.39, 0.29) is 5.82 Å². The largest absolute Gasteiger partial charge is 0.312 e. The van der Waals surface area contributed by atoms with Crippen LogP contribution < -0.4 is 0 Å². The Kier molecular flexibility index (Phi) is 2.52. The van der Waals surface area contributed by atoms with E-state index in [2.05, 4.69) is 9.97 Å². The number of rotatable bonds is 1. The summed E-state index contributed by atoms with van der Waals surface area (Å²) >= 11 is 6.08. The summed E-state index contributed by atoms with van der Waals surface area (Å²) in [4.78, 5) is 8.71. The molecule has 0 radical (unpaired) electrons. The minimum absolute atomic E-state index is 0.270. The fraction of sp³-hybridized carbons (Fsp3) is 0.0769. The summed E-state index contributed by atoms with van der Waals surface area (Å²) in [6.45, 7) is 0. The Labute approximate surface area is 108 Å². The number of benzene rings is 1. The van der Waals surface area contributed by atoms with Crippen LogP contribution in [0.4, 0.5) is 4.39 Å². The fourth-order valence-electron chi connectivity index (χ4n) is 1.91. The second-order valence-corrected chi connectivity index (χ2v) is 4.37. The van der Waals surface area contributed by atoms with Crippen molar-refractivity contribution in [3.05, 3.63) is 47.4 Å². The van der Waals surface area contributed by atoms with E-state index in [9.17, 15) is 4.39 Å². The number of aryl methyl sites for hydroxylation is 1. The average molecular weight is 262 g/mol. The Balaban J connectivity index is 2.27. The maximum Gasteiger partial charge on any atom is 0.161 e. The van der Waals surface area contributed by atoms with Crippen molar-refractivity contribution in [1.29, 1.82) is 0 Å². The van der Waals surface area contributed by atoms with Crippen LogP contribution in [0.15, 0.2) is 36.5 Å². The van der Waals surface area contributed by atoms with Crippen molar-refractivity contribution in [2.75, 3.05) is 0 Å². The highest BCUT2D eigenvalue weighted by molar-refractivity contribution is 6.34. The first-order chi connectivity index (χ1) is 8.66. The third-order valence-corrected chi connectivity index (χ3v) is 3.12. The highest BCUT2D eigenvalue weighted by Crippen LogP contribution is 2.26. The normalized spacial score (nSPS) is 11.1. The van der Waals surface area contributed by atoms with Crippen molar-refractivity contribution >= 4 is 22.8 Å². The van der Waals surface area contributed by atoms with Crippen molar-refractivity contribution < 1.29 is 4.39 Å². The van der Waals surface area contributed by atoms with Crippen LogP contribution in [0, 0.1) is 5.82 Å². The maximum atomic E-state index is 12.9. The van der Waals surface area contributed by atoms with Crippen LogP contribution in [0.5, 0.6) is 0 Å². The van der Waals surface area contributed by atoms with Gasteiger partial charge >= 0.3 is 0 Å². The number of hydrogen-bond acceptors (Lipinski definition) is 2. The molecule has 2 heterocycles. The monoisotopic (exact) mass is 261 g/mol. The molecule has 90 valence electrons. The van der Waals surface area contributed by atoms with Gasteiger partial charge in [-0.1, -0.05) is 11.6 Å². The Hall–Kier alpha value is -1.94. The van der Waals surface area contributed by atoms with Gasteiger partial charge in [0.05, 0.1) is 5.02 Å². The molecule has 18 heavy (non-hydrogen) atoms. The molecule has 0 amide bonds. The van der Waals surface area contributed by atoms with Crippen molar-refractivity contribution in [3.8, 4) is 11.4 Å². The van der Waals surface area contributed by atoms with Crippen molar-refractivity contribution in [2.24, 2.45) is 7.05 Å². The predicted octanol–water partition coefficient (Wildman–Crippen LogP) is 3.43. The molecule has 1 aromatic carbocycles. The lowest BCUT2D eigenvalue weighted by Crippen LogP contribution is -1.93. The lowest BCUT2D eigenvalue weighted by Gasteiger charge is -2.01. The molecule has 0 N–H and O–H groups in total. The van der Waals surface area contributed by atoms with Gasteiger partial charge in [-0.2, -0.15) is 0 Å². The van der Waals surface area contributed by atoms with E-state index in [1.165, 1.54) is 12.1 Å². The topological polar surface area (TPSA) is 30.7 Å². The number of hydrogen-bond donors (Lipinski definition) is 0. The zero-order valence-corrected chi connectivity index (χ0v) is 10.3. The van der Waals surface area contributed by atoms with E-state index in [4.69, 9.17) is 11.6 Å². The van der Waals surface area contributed by atoms with Crippen molar-refractivity contribution in [2.45, 2.75) is 0 Å². The first-order valence-corrected chi connectivity index (χ1v) is 5.77. The SMILES string of the molecule is Cn1c(-c2ccc(F)cc2)nc2c(Cl)ccnc21. The minimum atomic E-state index is -0.270.